The van der Waals surface area contributed by atoms with Gasteiger partial charge in [0.15, 0.2) is 0 Å². The highest BCUT2D eigenvalue weighted by Gasteiger charge is 2.13. The number of carbonyl (C=O) groups is 1. The molecule has 0 heterocycles. The summed E-state index contributed by atoms with van der Waals surface area (Å²) in [6, 6.07) is 5.19. The molecule has 100 valence electrons. The molecule has 0 aliphatic heterocycles. The first-order valence-corrected chi connectivity index (χ1v) is 6.30. The van der Waals surface area contributed by atoms with Crippen molar-refractivity contribution in [3.8, 4) is 5.75 Å². The van der Waals surface area contributed by atoms with Gasteiger partial charge in [-0.25, -0.2) is 0 Å². The number of aryl methyl sites for hydroxylation is 1. The topological polar surface area (TPSA) is 69.6 Å². The molecular weight excluding hydrogens is 230 g/mol. The Balaban J connectivity index is 2.67. The molecule has 1 amide bonds. The Labute approximate surface area is 108 Å². The average molecular weight is 251 g/mol. The first-order chi connectivity index (χ1) is 8.60. The molecule has 1 aromatic rings. The summed E-state index contributed by atoms with van der Waals surface area (Å²) in [5.74, 6) is 0.00958. The summed E-state index contributed by atoms with van der Waals surface area (Å²) in [5, 5.41) is 21.5. The van der Waals surface area contributed by atoms with E-state index in [0.29, 0.717) is 24.9 Å². The third-order valence-corrected chi connectivity index (χ3v) is 2.98. The minimum absolute atomic E-state index is 0.0623. The number of benzene rings is 1. The molecule has 1 aromatic carbocycles. The van der Waals surface area contributed by atoms with Crippen molar-refractivity contribution >= 4 is 5.91 Å². The minimum Gasteiger partial charge on any atom is -0.507 e. The number of phenolic OH excluding ortho intramolecular Hbond substituents is 1. The van der Waals surface area contributed by atoms with Gasteiger partial charge >= 0.3 is 0 Å². The van der Waals surface area contributed by atoms with Crippen LogP contribution in [0.3, 0.4) is 0 Å². The molecular formula is C14H21NO3. The summed E-state index contributed by atoms with van der Waals surface area (Å²) >= 11 is 0. The van der Waals surface area contributed by atoms with Crippen LogP contribution in [0.2, 0.25) is 0 Å². The van der Waals surface area contributed by atoms with E-state index in [4.69, 9.17) is 5.11 Å². The lowest BCUT2D eigenvalue weighted by atomic mass is 10.1. The van der Waals surface area contributed by atoms with E-state index < -0.39 is 0 Å². The fourth-order valence-corrected chi connectivity index (χ4v) is 1.74. The van der Waals surface area contributed by atoms with Crippen LogP contribution in [0, 0.1) is 5.92 Å². The first kappa shape index (κ1) is 14.5. The number of rotatable bonds is 6. The molecule has 0 aromatic heterocycles. The van der Waals surface area contributed by atoms with Gasteiger partial charge in [-0.2, -0.15) is 0 Å². The monoisotopic (exact) mass is 251 g/mol. The van der Waals surface area contributed by atoms with Crippen LogP contribution in [-0.2, 0) is 6.42 Å². The SMILES string of the molecule is CCc1cccc(C(=O)NCC(C)CCO)c1O. The van der Waals surface area contributed by atoms with Gasteiger partial charge in [-0.15, -0.1) is 0 Å². The van der Waals surface area contributed by atoms with Crippen LogP contribution in [0.5, 0.6) is 5.75 Å². The number of phenols is 1. The molecule has 0 spiro atoms. The number of hydrogen-bond acceptors (Lipinski definition) is 3. The normalized spacial score (nSPS) is 12.2. The van der Waals surface area contributed by atoms with Gasteiger partial charge in [0.1, 0.15) is 5.75 Å². The molecule has 0 radical (unpaired) electrons. The zero-order valence-corrected chi connectivity index (χ0v) is 10.9. The summed E-state index contributed by atoms with van der Waals surface area (Å²) in [6.45, 7) is 4.50. The molecule has 4 nitrogen and oxygen atoms in total. The Bertz CT molecular complexity index is 404. The lowest BCUT2D eigenvalue weighted by Gasteiger charge is -2.12. The van der Waals surface area contributed by atoms with Gasteiger partial charge in [-0.1, -0.05) is 26.0 Å². The van der Waals surface area contributed by atoms with E-state index in [-0.39, 0.29) is 24.2 Å². The highest BCUT2D eigenvalue weighted by Crippen LogP contribution is 2.22. The van der Waals surface area contributed by atoms with Crippen LogP contribution in [-0.4, -0.2) is 29.3 Å². The van der Waals surface area contributed by atoms with E-state index in [1.54, 1.807) is 18.2 Å². The number of carbonyl (C=O) groups excluding carboxylic acids is 1. The lowest BCUT2D eigenvalue weighted by Crippen LogP contribution is -2.28. The minimum atomic E-state index is -0.271. The third kappa shape index (κ3) is 3.74. The number of amides is 1. The summed E-state index contributed by atoms with van der Waals surface area (Å²) in [6.07, 6.45) is 1.34. The van der Waals surface area contributed by atoms with Crippen molar-refractivity contribution in [1.29, 1.82) is 0 Å². The smallest absolute Gasteiger partial charge is 0.255 e. The van der Waals surface area contributed by atoms with Crippen molar-refractivity contribution in [3.63, 3.8) is 0 Å². The van der Waals surface area contributed by atoms with Crippen LogP contribution < -0.4 is 5.32 Å². The van der Waals surface area contributed by atoms with Crippen LogP contribution in [0.4, 0.5) is 0 Å². The molecule has 1 rings (SSSR count). The van der Waals surface area contributed by atoms with Crippen LogP contribution in [0.1, 0.15) is 36.2 Å². The van der Waals surface area contributed by atoms with Gasteiger partial charge in [0.2, 0.25) is 0 Å². The third-order valence-electron chi connectivity index (χ3n) is 2.98. The van der Waals surface area contributed by atoms with Gasteiger partial charge in [-0.05, 0) is 30.4 Å². The summed E-state index contributed by atoms with van der Waals surface area (Å²) in [4.78, 5) is 11.9. The number of hydrogen-bond donors (Lipinski definition) is 3. The molecule has 1 unspecified atom stereocenters. The molecule has 18 heavy (non-hydrogen) atoms. The average Bonchev–Trinajstić information content (AvgIpc) is 2.36. The second-order valence-corrected chi connectivity index (χ2v) is 4.49. The zero-order chi connectivity index (χ0) is 13.5. The maximum Gasteiger partial charge on any atom is 0.255 e. The van der Waals surface area contributed by atoms with Gasteiger partial charge < -0.3 is 15.5 Å². The predicted molar refractivity (Wildman–Crippen MR) is 70.7 cm³/mol. The molecule has 4 heteroatoms. The van der Waals surface area contributed by atoms with E-state index >= 15 is 0 Å². The highest BCUT2D eigenvalue weighted by atomic mass is 16.3. The van der Waals surface area contributed by atoms with E-state index in [9.17, 15) is 9.90 Å². The maximum atomic E-state index is 11.9. The van der Waals surface area contributed by atoms with E-state index in [1.165, 1.54) is 0 Å². The fraction of sp³-hybridized carbons (Fsp3) is 0.500. The van der Waals surface area contributed by atoms with Crippen LogP contribution in [0.15, 0.2) is 18.2 Å². The van der Waals surface area contributed by atoms with Crippen LogP contribution in [0.25, 0.3) is 0 Å². The second kappa shape index (κ2) is 7.01. The number of aliphatic hydroxyl groups is 1. The van der Waals surface area contributed by atoms with Gasteiger partial charge in [0, 0.05) is 13.2 Å². The van der Waals surface area contributed by atoms with Crippen molar-refractivity contribution < 1.29 is 15.0 Å². The van der Waals surface area contributed by atoms with Crippen molar-refractivity contribution in [2.45, 2.75) is 26.7 Å². The zero-order valence-electron chi connectivity index (χ0n) is 10.9. The molecule has 0 bridgehead atoms. The van der Waals surface area contributed by atoms with Crippen LogP contribution >= 0.6 is 0 Å². The molecule has 0 saturated heterocycles. The molecule has 0 aliphatic carbocycles. The molecule has 1 atom stereocenters. The molecule has 3 N–H and O–H groups in total. The predicted octanol–water partition coefficient (Wildman–Crippen LogP) is 1.70. The lowest BCUT2D eigenvalue weighted by molar-refractivity contribution is 0.0942. The van der Waals surface area contributed by atoms with Crippen molar-refractivity contribution in [1.82, 2.24) is 5.32 Å². The van der Waals surface area contributed by atoms with Crippen molar-refractivity contribution in [3.05, 3.63) is 29.3 Å². The Hall–Kier alpha value is -1.55. The van der Waals surface area contributed by atoms with Gasteiger partial charge in [0.25, 0.3) is 5.91 Å². The van der Waals surface area contributed by atoms with E-state index in [0.717, 1.165) is 5.56 Å². The van der Waals surface area contributed by atoms with Crippen molar-refractivity contribution in [2.75, 3.05) is 13.2 Å². The standard InChI is InChI=1S/C14H21NO3/c1-3-11-5-4-6-12(13(11)17)14(18)15-9-10(2)7-8-16/h4-6,10,16-17H,3,7-9H2,1-2H3,(H,15,18). The maximum absolute atomic E-state index is 11.9. The Morgan fingerprint density at radius 2 is 2.17 bits per heavy atom. The molecule has 0 fully saturated rings. The fourth-order valence-electron chi connectivity index (χ4n) is 1.74. The highest BCUT2D eigenvalue weighted by molar-refractivity contribution is 5.97. The number of nitrogens with one attached hydrogen (secondary N) is 1. The number of aromatic hydroxyl groups is 1. The molecule has 0 saturated carbocycles. The second-order valence-electron chi connectivity index (χ2n) is 4.49. The number of aliphatic hydroxyl groups excluding tert-OH is 1. The van der Waals surface area contributed by atoms with E-state index in [2.05, 4.69) is 5.32 Å². The largest absolute Gasteiger partial charge is 0.507 e. The Morgan fingerprint density at radius 3 is 2.78 bits per heavy atom. The summed E-state index contributed by atoms with van der Waals surface area (Å²) in [7, 11) is 0. The van der Waals surface area contributed by atoms with Gasteiger partial charge in [-0.3, -0.25) is 4.79 Å². The van der Waals surface area contributed by atoms with Crippen molar-refractivity contribution in [2.24, 2.45) is 5.92 Å². The quantitative estimate of drug-likeness (QED) is 0.720. The first-order valence-electron chi connectivity index (χ1n) is 6.30. The Kier molecular flexibility index (Phi) is 5.65. The summed E-state index contributed by atoms with van der Waals surface area (Å²) in [5.41, 5.74) is 1.08. The van der Waals surface area contributed by atoms with Gasteiger partial charge in [0.05, 0.1) is 5.56 Å². The molecule has 0 aliphatic rings. The Morgan fingerprint density at radius 1 is 1.44 bits per heavy atom. The number of para-hydroxylation sites is 1. The van der Waals surface area contributed by atoms with E-state index in [1.807, 2.05) is 13.8 Å². The summed E-state index contributed by atoms with van der Waals surface area (Å²) < 4.78 is 0.